The Balaban J connectivity index is 3.91. The summed E-state index contributed by atoms with van der Waals surface area (Å²) in [5.41, 5.74) is 0. The molecule has 94 heavy (non-hydrogen) atoms. The maximum absolute atomic E-state index is 12.9. The average Bonchev–Trinajstić information content (AvgIpc) is 1.57. The number of hydrogen-bond donors (Lipinski definition) is 1. The number of rotatable bonds is 76. The third-order valence-electron chi connectivity index (χ3n) is 18.2. The van der Waals surface area contributed by atoms with Crippen LogP contribution >= 0.6 is 7.82 Å². The Labute approximate surface area is 584 Å². The molecule has 0 aromatic rings. The molecule has 1 N–H and O–H groups in total. The lowest BCUT2D eigenvalue weighted by Gasteiger charge is -2.24. The van der Waals surface area contributed by atoms with E-state index in [1.807, 2.05) is 21.1 Å². The van der Waals surface area contributed by atoms with Gasteiger partial charge in [0.05, 0.1) is 27.7 Å². The van der Waals surface area contributed by atoms with Crippen LogP contribution in [0.2, 0.25) is 0 Å². The quantitative estimate of drug-likeness (QED) is 0.0211. The molecule has 2 atom stereocenters. The molecule has 10 heteroatoms. The number of carbonyl (C=O) groups is 2. The second kappa shape index (κ2) is 74.7. The van der Waals surface area contributed by atoms with Gasteiger partial charge in [0.15, 0.2) is 6.10 Å². The van der Waals surface area contributed by atoms with E-state index in [1.165, 1.54) is 308 Å². The smallest absolute Gasteiger partial charge is 0.462 e. The molecule has 0 aliphatic carbocycles. The third kappa shape index (κ3) is 78.4. The van der Waals surface area contributed by atoms with E-state index in [0.717, 1.165) is 57.8 Å². The predicted molar refractivity (Wildman–Crippen MR) is 409 cm³/mol. The maximum atomic E-state index is 12.9. The summed E-state index contributed by atoms with van der Waals surface area (Å²) in [4.78, 5) is 36.0. The number of phosphoric acid groups is 1. The predicted octanol–water partition coefficient (Wildman–Crippen LogP) is 27.1. The van der Waals surface area contributed by atoms with Crippen LogP contribution in [0, 0.1) is 0 Å². The Morgan fingerprint density at radius 1 is 0.330 bits per heavy atom. The van der Waals surface area contributed by atoms with Crippen LogP contribution in [0.1, 0.15) is 399 Å². The monoisotopic (exact) mass is 1340 g/mol. The second-order valence-corrected chi connectivity index (χ2v) is 30.3. The molecule has 0 aliphatic rings. The molecular weight excluding hydrogens is 1180 g/mol. The van der Waals surface area contributed by atoms with Gasteiger partial charge in [-0.25, -0.2) is 4.57 Å². The summed E-state index contributed by atoms with van der Waals surface area (Å²) < 4.78 is 34.8. The van der Waals surface area contributed by atoms with Crippen molar-refractivity contribution in [2.75, 3.05) is 47.5 Å². The van der Waals surface area contributed by atoms with Crippen molar-refractivity contribution in [2.24, 2.45) is 0 Å². The van der Waals surface area contributed by atoms with Crippen molar-refractivity contribution in [1.29, 1.82) is 0 Å². The van der Waals surface area contributed by atoms with E-state index < -0.39 is 26.5 Å². The standard InChI is InChI=1S/C84H156NO8P/c1-6-8-10-12-14-16-18-20-22-24-26-28-30-32-34-36-37-38-39-40-41-42-43-44-45-46-47-49-51-53-55-57-59-61-63-65-67-69-71-73-75-77-84(87)93-82(81-92-94(88,89)91-79-78-85(3,4)5)80-90-83(86)76-74-72-70-68-66-64-62-60-58-56-54-52-50-48-35-33-31-29-27-25-23-21-19-17-15-13-11-9-7-2/h18-21,24-27,30-33,82H,6-17,22-23,28-29,34-81H2,1-5H3/p+1/b20-18-,21-19-,26-24-,27-25-,32-30-,33-31-. The number of esters is 2. The molecule has 0 heterocycles. The van der Waals surface area contributed by atoms with E-state index in [1.54, 1.807) is 0 Å². The van der Waals surface area contributed by atoms with Gasteiger partial charge < -0.3 is 18.9 Å². The molecule has 0 spiro atoms. The fraction of sp³-hybridized carbons (Fsp3) is 0.833. The fourth-order valence-corrected chi connectivity index (χ4v) is 12.7. The highest BCUT2D eigenvalue weighted by Crippen LogP contribution is 2.43. The lowest BCUT2D eigenvalue weighted by atomic mass is 10.0. The van der Waals surface area contributed by atoms with E-state index in [0.29, 0.717) is 17.4 Å². The van der Waals surface area contributed by atoms with Crippen LogP contribution < -0.4 is 0 Å². The van der Waals surface area contributed by atoms with E-state index in [4.69, 9.17) is 18.5 Å². The van der Waals surface area contributed by atoms with Gasteiger partial charge in [0.1, 0.15) is 19.8 Å². The first kappa shape index (κ1) is 91.4. The molecule has 9 nitrogen and oxygen atoms in total. The zero-order chi connectivity index (χ0) is 68.3. The number of hydrogen-bond acceptors (Lipinski definition) is 7. The summed E-state index contributed by atoms with van der Waals surface area (Å²) in [6.07, 6.45) is 102. The van der Waals surface area contributed by atoms with Crippen molar-refractivity contribution < 1.29 is 42.1 Å². The van der Waals surface area contributed by atoms with Crippen LogP contribution in [0.5, 0.6) is 0 Å². The van der Waals surface area contributed by atoms with Gasteiger partial charge in [-0.1, -0.05) is 369 Å². The van der Waals surface area contributed by atoms with E-state index >= 15 is 0 Å². The van der Waals surface area contributed by atoms with Crippen molar-refractivity contribution in [3.63, 3.8) is 0 Å². The lowest BCUT2D eigenvalue weighted by Crippen LogP contribution is -2.37. The zero-order valence-corrected chi connectivity index (χ0v) is 63.9. The molecule has 2 unspecified atom stereocenters. The Bertz CT molecular complexity index is 1820. The van der Waals surface area contributed by atoms with Gasteiger partial charge in [-0.15, -0.1) is 0 Å². The SMILES string of the molecule is CCCCCCC/C=C\C/C=C\C/C=C\CCCCCCCCCCCCCCCCCCCCCCCCCCCCC(=O)OC(COC(=O)CCCCCCCCCCCCCCCC/C=C\C/C=C\C/C=C\CCCCCCC)COP(=O)(O)OCC[N+](C)(C)C. The second-order valence-electron chi connectivity index (χ2n) is 28.8. The zero-order valence-electron chi connectivity index (χ0n) is 63.0. The van der Waals surface area contributed by atoms with E-state index in [2.05, 4.69) is 86.8 Å². The average molecular weight is 1340 g/mol. The minimum absolute atomic E-state index is 0.0325. The molecule has 0 fully saturated rings. The largest absolute Gasteiger partial charge is 0.472 e. The van der Waals surface area contributed by atoms with E-state index in [-0.39, 0.29) is 32.0 Å². The molecule has 0 aromatic carbocycles. The number of allylic oxidation sites excluding steroid dienone is 12. The van der Waals surface area contributed by atoms with Crippen molar-refractivity contribution in [3.05, 3.63) is 72.9 Å². The molecule has 0 bridgehead atoms. The highest BCUT2D eigenvalue weighted by Gasteiger charge is 2.27. The summed E-state index contributed by atoms with van der Waals surface area (Å²) in [5, 5.41) is 0. The molecule has 0 amide bonds. The normalized spacial score (nSPS) is 13.4. The molecule has 0 saturated heterocycles. The van der Waals surface area contributed by atoms with Gasteiger partial charge in [-0.2, -0.15) is 0 Å². The highest BCUT2D eigenvalue weighted by atomic mass is 31.2. The van der Waals surface area contributed by atoms with Gasteiger partial charge >= 0.3 is 19.8 Å². The van der Waals surface area contributed by atoms with Crippen LogP contribution in [0.25, 0.3) is 0 Å². The molecule has 0 saturated carbocycles. The summed E-state index contributed by atoms with van der Waals surface area (Å²) >= 11 is 0. The maximum Gasteiger partial charge on any atom is 0.472 e. The van der Waals surface area contributed by atoms with Crippen LogP contribution in [0.15, 0.2) is 72.9 Å². The summed E-state index contributed by atoms with van der Waals surface area (Å²) in [6, 6.07) is 0. The number of likely N-dealkylation sites (N-methyl/N-ethyl adjacent to an activating group) is 1. The minimum atomic E-state index is -4.40. The first-order valence-electron chi connectivity index (χ1n) is 40.7. The lowest BCUT2D eigenvalue weighted by molar-refractivity contribution is -0.870. The topological polar surface area (TPSA) is 108 Å². The summed E-state index contributed by atoms with van der Waals surface area (Å²) in [6.45, 7) is 4.47. The van der Waals surface area contributed by atoms with Crippen LogP contribution in [-0.4, -0.2) is 74.9 Å². The van der Waals surface area contributed by atoms with Gasteiger partial charge in [-0.3, -0.25) is 18.6 Å². The Kier molecular flexibility index (Phi) is 72.6. The first-order chi connectivity index (χ1) is 46.0. The van der Waals surface area contributed by atoms with Gasteiger partial charge in [0.2, 0.25) is 0 Å². The number of phosphoric ester groups is 1. The van der Waals surface area contributed by atoms with Crippen molar-refractivity contribution in [2.45, 2.75) is 405 Å². The van der Waals surface area contributed by atoms with E-state index in [9.17, 15) is 19.0 Å². The molecule has 0 rings (SSSR count). The summed E-state index contributed by atoms with van der Waals surface area (Å²) in [7, 11) is 1.49. The molecule has 0 aliphatic heterocycles. The van der Waals surface area contributed by atoms with Crippen LogP contribution in [0.3, 0.4) is 0 Å². The number of unbranched alkanes of at least 4 members (excludes halogenated alkanes) is 50. The Morgan fingerprint density at radius 3 is 0.851 bits per heavy atom. The Hall–Kier alpha value is -2.55. The fourth-order valence-electron chi connectivity index (χ4n) is 12.0. The van der Waals surface area contributed by atoms with Gasteiger partial charge in [0, 0.05) is 12.8 Å². The highest BCUT2D eigenvalue weighted by molar-refractivity contribution is 7.47. The molecule has 0 aromatic heterocycles. The third-order valence-corrected chi connectivity index (χ3v) is 19.2. The minimum Gasteiger partial charge on any atom is -0.462 e. The first-order valence-corrected chi connectivity index (χ1v) is 42.2. The number of quaternary nitrogens is 1. The number of nitrogens with zero attached hydrogens (tertiary/aromatic N) is 1. The number of ether oxygens (including phenoxy) is 2. The van der Waals surface area contributed by atoms with Crippen molar-refractivity contribution >= 4 is 19.8 Å². The molecule has 0 radical (unpaired) electrons. The van der Waals surface area contributed by atoms with Gasteiger partial charge in [0.25, 0.3) is 0 Å². The summed E-state index contributed by atoms with van der Waals surface area (Å²) in [5.74, 6) is -0.779. The molecular formula is C84H157NO8P+. The number of carbonyl (C=O) groups excluding carboxylic acids is 2. The Morgan fingerprint density at radius 2 is 0.574 bits per heavy atom. The van der Waals surface area contributed by atoms with Crippen LogP contribution in [-0.2, 0) is 32.7 Å². The molecule has 550 valence electrons. The van der Waals surface area contributed by atoms with Crippen LogP contribution in [0.4, 0.5) is 0 Å². The van der Waals surface area contributed by atoms with Gasteiger partial charge in [-0.05, 0) is 89.9 Å². The van der Waals surface area contributed by atoms with Crippen molar-refractivity contribution in [1.82, 2.24) is 0 Å². The van der Waals surface area contributed by atoms with Crippen molar-refractivity contribution in [3.8, 4) is 0 Å².